The zero-order valence-electron chi connectivity index (χ0n) is 23.9. The highest BCUT2D eigenvalue weighted by Crippen LogP contribution is 2.35. The van der Waals surface area contributed by atoms with E-state index in [9.17, 15) is 0 Å². The van der Waals surface area contributed by atoms with E-state index in [1.54, 1.807) is 6.20 Å². The van der Waals surface area contributed by atoms with Crippen LogP contribution in [0.2, 0.25) is 0 Å². The molecule has 0 unspecified atom stereocenters. The number of aromatic nitrogens is 1. The van der Waals surface area contributed by atoms with Gasteiger partial charge in [-0.2, -0.15) is 0 Å². The third kappa shape index (κ3) is 8.27. The normalized spacial score (nSPS) is 12.0. The minimum atomic E-state index is -0.312. The van der Waals surface area contributed by atoms with Gasteiger partial charge in [0.2, 0.25) is 0 Å². The number of nitrogens with one attached hydrogen (secondary N) is 1. The van der Waals surface area contributed by atoms with Crippen molar-refractivity contribution in [3.05, 3.63) is 83.7 Å². The molecule has 0 radical (unpaired) electrons. The number of rotatable bonds is 12. The van der Waals surface area contributed by atoms with Gasteiger partial charge >= 0.3 is 0 Å². The standard InChI is InChI=1S/C33H45N5/c1-6-8-10-12-25-14-18-27(19-15-25)38(28-20-16-26(17-21-28)13-11-9-7-2)29-22-23-36-30(24-29)31(34)37-32(35)33(3,4)5/h14-24H,6-13H2,1-5H3,(H3,34,35,37). The smallest absolute Gasteiger partial charge is 0.172 e. The minimum absolute atomic E-state index is 0.0665. The maximum absolute atomic E-state index is 8.56. The largest absolute Gasteiger partial charge is 0.387 e. The van der Waals surface area contributed by atoms with Crippen LogP contribution in [0.5, 0.6) is 0 Å². The van der Waals surface area contributed by atoms with Crippen LogP contribution < -0.4 is 10.6 Å². The molecule has 0 fully saturated rings. The summed E-state index contributed by atoms with van der Waals surface area (Å²) >= 11 is 0. The zero-order valence-corrected chi connectivity index (χ0v) is 23.9. The van der Waals surface area contributed by atoms with Crippen LogP contribution in [-0.4, -0.2) is 16.7 Å². The van der Waals surface area contributed by atoms with Gasteiger partial charge in [0.05, 0.1) is 0 Å². The predicted molar refractivity (Wildman–Crippen MR) is 163 cm³/mol. The first-order valence-corrected chi connectivity index (χ1v) is 14.1. The third-order valence-corrected chi connectivity index (χ3v) is 6.77. The van der Waals surface area contributed by atoms with Gasteiger partial charge in [-0.15, -0.1) is 0 Å². The van der Waals surface area contributed by atoms with Gasteiger partial charge in [-0.1, -0.05) is 84.6 Å². The molecule has 1 heterocycles. The fraction of sp³-hybridized carbons (Fsp3) is 0.424. The Hall–Kier alpha value is -3.47. The van der Waals surface area contributed by atoms with Crippen LogP contribution in [0, 0.1) is 10.8 Å². The van der Waals surface area contributed by atoms with Crippen molar-refractivity contribution < 1.29 is 0 Å². The Labute approximate surface area is 229 Å². The fourth-order valence-electron chi connectivity index (χ4n) is 4.26. The molecule has 0 saturated heterocycles. The van der Waals surface area contributed by atoms with Crippen molar-refractivity contribution in [2.75, 3.05) is 4.90 Å². The molecule has 0 aliphatic carbocycles. The molecule has 0 bridgehead atoms. The molecule has 5 heteroatoms. The van der Waals surface area contributed by atoms with E-state index >= 15 is 0 Å². The second kappa shape index (κ2) is 13.9. The number of anilines is 3. The van der Waals surface area contributed by atoms with E-state index in [4.69, 9.17) is 11.1 Å². The molecular weight excluding hydrogens is 466 g/mol. The lowest BCUT2D eigenvalue weighted by molar-refractivity contribution is 0.585. The second-order valence-corrected chi connectivity index (χ2v) is 11.1. The summed E-state index contributed by atoms with van der Waals surface area (Å²) in [5.41, 5.74) is 12.1. The van der Waals surface area contributed by atoms with Crippen molar-refractivity contribution in [1.82, 2.24) is 4.98 Å². The summed E-state index contributed by atoms with van der Waals surface area (Å²) in [6.45, 7) is 10.4. The highest BCUT2D eigenvalue weighted by Gasteiger charge is 2.18. The van der Waals surface area contributed by atoms with E-state index in [0.717, 1.165) is 29.9 Å². The number of nitrogens with two attached hydrogens (primary N) is 1. The van der Waals surface area contributed by atoms with Crippen LogP contribution in [0.15, 0.2) is 71.9 Å². The number of unbranched alkanes of at least 4 members (excludes halogenated alkanes) is 4. The summed E-state index contributed by atoms with van der Waals surface area (Å²) in [6.07, 6.45) is 11.3. The van der Waals surface area contributed by atoms with Gasteiger partial charge in [0, 0.05) is 28.7 Å². The maximum atomic E-state index is 8.56. The fourth-order valence-corrected chi connectivity index (χ4v) is 4.26. The highest BCUT2D eigenvalue weighted by molar-refractivity contribution is 6.05. The minimum Gasteiger partial charge on any atom is -0.387 e. The molecule has 0 amide bonds. The van der Waals surface area contributed by atoms with Crippen molar-refractivity contribution >= 4 is 28.7 Å². The molecule has 3 rings (SSSR count). The van der Waals surface area contributed by atoms with Crippen LogP contribution in [0.3, 0.4) is 0 Å². The Morgan fingerprint density at radius 1 is 0.789 bits per heavy atom. The number of benzene rings is 2. The molecule has 0 spiro atoms. The number of nitrogens with zero attached hydrogens (tertiary/aromatic N) is 3. The molecule has 5 nitrogen and oxygen atoms in total. The quantitative estimate of drug-likeness (QED) is 0.145. The molecule has 1 aromatic heterocycles. The average Bonchev–Trinajstić information content (AvgIpc) is 2.90. The van der Waals surface area contributed by atoms with Crippen LogP contribution in [-0.2, 0) is 12.8 Å². The number of aryl methyl sites for hydroxylation is 2. The summed E-state index contributed by atoms with van der Waals surface area (Å²) in [6, 6.07) is 21.6. The van der Waals surface area contributed by atoms with Gasteiger partial charge in [0.25, 0.3) is 0 Å². The maximum Gasteiger partial charge on any atom is 0.172 e. The number of hydrogen-bond donors (Lipinski definition) is 2. The Morgan fingerprint density at radius 2 is 1.29 bits per heavy atom. The number of aliphatic imine (C=N–C) groups is 1. The topological polar surface area (TPSA) is 78.4 Å². The van der Waals surface area contributed by atoms with Crippen molar-refractivity contribution in [1.29, 1.82) is 5.41 Å². The van der Waals surface area contributed by atoms with Gasteiger partial charge < -0.3 is 10.6 Å². The Morgan fingerprint density at radius 3 is 1.74 bits per heavy atom. The van der Waals surface area contributed by atoms with Crippen LogP contribution in [0.4, 0.5) is 17.1 Å². The summed E-state index contributed by atoms with van der Waals surface area (Å²) < 4.78 is 0. The first kappa shape index (κ1) is 29.1. The van der Waals surface area contributed by atoms with Crippen LogP contribution in [0.25, 0.3) is 0 Å². The first-order chi connectivity index (χ1) is 18.2. The second-order valence-electron chi connectivity index (χ2n) is 11.1. The molecule has 38 heavy (non-hydrogen) atoms. The van der Waals surface area contributed by atoms with E-state index < -0.39 is 0 Å². The van der Waals surface area contributed by atoms with E-state index in [1.807, 2.05) is 32.9 Å². The van der Waals surface area contributed by atoms with Crippen molar-refractivity contribution in [2.45, 2.75) is 86.0 Å². The molecule has 0 atom stereocenters. The van der Waals surface area contributed by atoms with Gasteiger partial charge in [0.15, 0.2) is 5.84 Å². The van der Waals surface area contributed by atoms with Gasteiger partial charge in [-0.05, 0) is 73.2 Å². The Bertz CT molecular complexity index is 1130. The highest BCUT2D eigenvalue weighted by atomic mass is 15.1. The number of amidine groups is 2. The van der Waals surface area contributed by atoms with Gasteiger partial charge in [-0.25, -0.2) is 4.99 Å². The van der Waals surface area contributed by atoms with E-state index in [1.165, 1.54) is 49.7 Å². The van der Waals surface area contributed by atoms with E-state index in [-0.39, 0.29) is 11.3 Å². The summed E-state index contributed by atoms with van der Waals surface area (Å²) in [4.78, 5) is 11.0. The van der Waals surface area contributed by atoms with Crippen molar-refractivity contribution in [2.24, 2.45) is 16.1 Å². The lowest BCUT2D eigenvalue weighted by Gasteiger charge is -2.26. The summed E-state index contributed by atoms with van der Waals surface area (Å²) in [5.74, 6) is 0.487. The average molecular weight is 512 g/mol. The number of pyridine rings is 1. The first-order valence-electron chi connectivity index (χ1n) is 14.1. The Balaban J connectivity index is 1.97. The molecule has 0 saturated carbocycles. The predicted octanol–water partition coefficient (Wildman–Crippen LogP) is 8.75. The summed E-state index contributed by atoms with van der Waals surface area (Å²) in [7, 11) is 0. The SMILES string of the molecule is CCCCCc1ccc(N(c2ccc(CCCCC)cc2)c2ccnc(C(=N)N=C(N)C(C)(C)C)c2)cc1. The molecular formula is C33H45N5. The lowest BCUT2D eigenvalue weighted by atomic mass is 9.95. The van der Waals surface area contributed by atoms with Crippen molar-refractivity contribution in [3.8, 4) is 0 Å². The molecule has 3 aromatic rings. The third-order valence-electron chi connectivity index (χ3n) is 6.77. The molecule has 0 aliphatic rings. The van der Waals surface area contributed by atoms with Crippen molar-refractivity contribution in [3.63, 3.8) is 0 Å². The van der Waals surface area contributed by atoms with Crippen LogP contribution in [0.1, 0.15) is 90.0 Å². The molecule has 0 aliphatic heterocycles. The monoisotopic (exact) mass is 511 g/mol. The summed E-state index contributed by atoms with van der Waals surface area (Å²) in [5, 5.41) is 8.56. The van der Waals surface area contributed by atoms with Gasteiger partial charge in [-0.3, -0.25) is 10.4 Å². The zero-order chi connectivity index (χ0) is 27.5. The molecule has 202 valence electrons. The Kier molecular flexibility index (Phi) is 10.6. The van der Waals surface area contributed by atoms with Crippen LogP contribution >= 0.6 is 0 Å². The molecule has 3 N–H and O–H groups in total. The van der Waals surface area contributed by atoms with E-state index in [0.29, 0.717) is 11.5 Å². The lowest BCUT2D eigenvalue weighted by Crippen LogP contribution is -2.30. The molecule has 2 aromatic carbocycles. The van der Waals surface area contributed by atoms with Gasteiger partial charge in [0.1, 0.15) is 11.5 Å². The van der Waals surface area contributed by atoms with E-state index in [2.05, 4.69) is 77.3 Å². The number of hydrogen-bond acceptors (Lipinski definition) is 3.